The summed E-state index contributed by atoms with van der Waals surface area (Å²) in [5, 5.41) is 3.34. The molecule has 20 heavy (non-hydrogen) atoms. The van der Waals surface area contributed by atoms with Crippen LogP contribution in [0.5, 0.6) is 5.75 Å². The Balaban J connectivity index is 2.43. The Morgan fingerprint density at radius 2 is 2.25 bits per heavy atom. The van der Waals surface area contributed by atoms with E-state index in [0.29, 0.717) is 0 Å². The third-order valence-corrected chi connectivity index (χ3v) is 4.00. The van der Waals surface area contributed by atoms with Crippen LogP contribution in [0.4, 0.5) is 0 Å². The Hall–Kier alpha value is -1.33. The summed E-state index contributed by atoms with van der Waals surface area (Å²) in [6.07, 6.45) is 4.96. The molecule has 1 unspecified atom stereocenters. The number of aryl methyl sites for hydroxylation is 1. The molecule has 1 aromatic heterocycles. The van der Waals surface area contributed by atoms with Crippen molar-refractivity contribution in [2.45, 2.75) is 25.9 Å². The second-order valence-corrected chi connectivity index (χ2v) is 5.44. The van der Waals surface area contributed by atoms with Crippen LogP contribution in [0, 0.1) is 0 Å². The van der Waals surface area contributed by atoms with Crippen molar-refractivity contribution in [2.24, 2.45) is 0 Å². The maximum absolute atomic E-state index is 5.32. The maximum atomic E-state index is 5.32. The molecule has 0 saturated carbocycles. The maximum Gasteiger partial charge on any atom is 0.130 e. The van der Waals surface area contributed by atoms with Gasteiger partial charge in [0.05, 0.1) is 13.2 Å². The van der Waals surface area contributed by atoms with Crippen molar-refractivity contribution >= 4 is 15.9 Å². The number of hydrogen-bond donors (Lipinski definition) is 1. The molecule has 1 heterocycles. The number of methoxy groups -OCH3 is 1. The number of hydrogen-bond acceptors (Lipinski definition) is 3. The first-order valence-electron chi connectivity index (χ1n) is 6.73. The predicted molar refractivity (Wildman–Crippen MR) is 84.1 cm³/mol. The smallest absolute Gasteiger partial charge is 0.130 e. The zero-order valence-corrected chi connectivity index (χ0v) is 13.6. The number of rotatable bonds is 6. The molecule has 1 N–H and O–H groups in total. The predicted octanol–water partition coefficient (Wildman–Crippen LogP) is 3.37. The van der Waals surface area contributed by atoms with E-state index < -0.39 is 0 Å². The van der Waals surface area contributed by atoms with Gasteiger partial charge in [-0.25, -0.2) is 4.98 Å². The number of nitrogens with one attached hydrogen (secondary N) is 1. The molecule has 0 aliphatic heterocycles. The first-order chi connectivity index (χ1) is 9.71. The highest BCUT2D eigenvalue weighted by Gasteiger charge is 2.20. The van der Waals surface area contributed by atoms with E-state index in [2.05, 4.69) is 37.7 Å². The summed E-state index contributed by atoms with van der Waals surface area (Å²) in [6.45, 7) is 3.13. The van der Waals surface area contributed by atoms with Gasteiger partial charge in [0.25, 0.3) is 0 Å². The Morgan fingerprint density at radius 1 is 1.45 bits per heavy atom. The molecular formula is C15H20BrN3O. The van der Waals surface area contributed by atoms with Crippen molar-refractivity contribution < 1.29 is 4.74 Å². The Labute approximate surface area is 128 Å². The molecule has 4 nitrogen and oxygen atoms in total. The molecule has 0 radical (unpaired) electrons. The standard InChI is InChI=1S/C15H20BrN3O/c1-4-8-19-9-7-18-15(19)14(17-2)12-10-11(20-3)5-6-13(12)16/h5-7,9-10,14,17H,4,8H2,1-3H3. The Morgan fingerprint density at radius 3 is 2.90 bits per heavy atom. The van der Waals surface area contributed by atoms with Gasteiger partial charge >= 0.3 is 0 Å². The quantitative estimate of drug-likeness (QED) is 0.878. The largest absolute Gasteiger partial charge is 0.497 e. The monoisotopic (exact) mass is 337 g/mol. The van der Waals surface area contributed by atoms with Gasteiger partial charge in [0.1, 0.15) is 11.6 Å². The van der Waals surface area contributed by atoms with E-state index in [1.165, 1.54) is 0 Å². The molecule has 0 spiro atoms. The lowest BCUT2D eigenvalue weighted by molar-refractivity contribution is 0.413. The van der Waals surface area contributed by atoms with Crippen molar-refractivity contribution in [2.75, 3.05) is 14.2 Å². The van der Waals surface area contributed by atoms with Crippen LogP contribution in [0.2, 0.25) is 0 Å². The van der Waals surface area contributed by atoms with Crippen LogP contribution >= 0.6 is 15.9 Å². The summed E-state index contributed by atoms with van der Waals surface area (Å²) >= 11 is 3.62. The molecule has 2 rings (SSSR count). The number of ether oxygens (including phenoxy) is 1. The summed E-state index contributed by atoms with van der Waals surface area (Å²) < 4.78 is 8.56. The van der Waals surface area contributed by atoms with Crippen LogP contribution < -0.4 is 10.1 Å². The first-order valence-corrected chi connectivity index (χ1v) is 7.52. The zero-order valence-electron chi connectivity index (χ0n) is 12.1. The van der Waals surface area contributed by atoms with Crippen molar-refractivity contribution in [3.63, 3.8) is 0 Å². The molecule has 5 heteroatoms. The van der Waals surface area contributed by atoms with Gasteiger partial charge in [-0.2, -0.15) is 0 Å². The summed E-state index contributed by atoms with van der Waals surface area (Å²) in [7, 11) is 3.63. The molecular weight excluding hydrogens is 318 g/mol. The van der Waals surface area contributed by atoms with E-state index in [9.17, 15) is 0 Å². The normalized spacial score (nSPS) is 12.4. The summed E-state index contributed by atoms with van der Waals surface area (Å²) in [5.74, 6) is 1.86. The van der Waals surface area contributed by atoms with Crippen LogP contribution in [-0.2, 0) is 6.54 Å². The minimum Gasteiger partial charge on any atom is -0.497 e. The van der Waals surface area contributed by atoms with Gasteiger partial charge in [-0.15, -0.1) is 0 Å². The fourth-order valence-electron chi connectivity index (χ4n) is 2.30. The van der Waals surface area contributed by atoms with E-state index in [1.807, 2.05) is 37.6 Å². The molecule has 0 bridgehead atoms. The van der Waals surface area contributed by atoms with Crippen LogP contribution in [-0.4, -0.2) is 23.7 Å². The van der Waals surface area contributed by atoms with E-state index in [1.54, 1.807) is 7.11 Å². The van der Waals surface area contributed by atoms with E-state index >= 15 is 0 Å². The molecule has 2 aromatic rings. The average molecular weight is 338 g/mol. The third kappa shape index (κ3) is 3.04. The van der Waals surface area contributed by atoms with E-state index in [4.69, 9.17) is 4.74 Å². The lowest BCUT2D eigenvalue weighted by Crippen LogP contribution is -2.22. The second kappa shape index (κ2) is 6.90. The van der Waals surface area contributed by atoms with Crippen LogP contribution in [0.15, 0.2) is 35.1 Å². The molecule has 0 saturated heterocycles. The number of imidazole rings is 1. The van der Waals surface area contributed by atoms with Crippen molar-refractivity contribution in [3.05, 3.63) is 46.5 Å². The Bertz CT molecular complexity index is 568. The van der Waals surface area contributed by atoms with Crippen LogP contribution in [0.3, 0.4) is 0 Å². The second-order valence-electron chi connectivity index (χ2n) is 4.59. The number of benzene rings is 1. The molecule has 0 fully saturated rings. The van der Waals surface area contributed by atoms with Crippen LogP contribution in [0.1, 0.15) is 30.8 Å². The first kappa shape index (κ1) is 15.1. The molecule has 108 valence electrons. The highest BCUT2D eigenvalue weighted by Crippen LogP contribution is 2.31. The van der Waals surface area contributed by atoms with Gasteiger partial charge in [0.2, 0.25) is 0 Å². The van der Waals surface area contributed by atoms with Gasteiger partial charge < -0.3 is 14.6 Å². The van der Waals surface area contributed by atoms with E-state index in [-0.39, 0.29) is 6.04 Å². The molecule has 1 aromatic carbocycles. The number of halogens is 1. The van der Waals surface area contributed by atoms with Crippen LogP contribution in [0.25, 0.3) is 0 Å². The summed E-state index contributed by atoms with van der Waals surface area (Å²) in [6, 6.07) is 6.02. The fourth-order valence-corrected chi connectivity index (χ4v) is 2.78. The van der Waals surface area contributed by atoms with Gasteiger partial charge in [0.15, 0.2) is 0 Å². The average Bonchev–Trinajstić information content (AvgIpc) is 2.90. The fraction of sp³-hybridized carbons (Fsp3) is 0.400. The molecule has 0 aliphatic rings. The van der Waals surface area contributed by atoms with Crippen molar-refractivity contribution in [1.82, 2.24) is 14.9 Å². The molecule has 1 atom stereocenters. The lowest BCUT2D eigenvalue weighted by Gasteiger charge is -2.20. The zero-order chi connectivity index (χ0) is 14.5. The SMILES string of the molecule is CCCn1ccnc1C(NC)c1cc(OC)ccc1Br. The highest BCUT2D eigenvalue weighted by molar-refractivity contribution is 9.10. The lowest BCUT2D eigenvalue weighted by atomic mass is 10.1. The minimum atomic E-state index is 0.0287. The van der Waals surface area contributed by atoms with Gasteiger partial charge in [0, 0.05) is 23.4 Å². The Kier molecular flexibility index (Phi) is 5.20. The third-order valence-electron chi connectivity index (χ3n) is 3.27. The highest BCUT2D eigenvalue weighted by atomic mass is 79.9. The van der Waals surface area contributed by atoms with Crippen molar-refractivity contribution in [3.8, 4) is 5.75 Å². The number of nitrogens with zero attached hydrogens (tertiary/aromatic N) is 2. The summed E-state index contributed by atoms with van der Waals surface area (Å²) in [5.41, 5.74) is 1.12. The molecule has 0 aliphatic carbocycles. The van der Waals surface area contributed by atoms with E-state index in [0.717, 1.165) is 34.6 Å². The minimum absolute atomic E-state index is 0.0287. The number of aromatic nitrogens is 2. The van der Waals surface area contributed by atoms with Gasteiger partial charge in [-0.3, -0.25) is 0 Å². The summed E-state index contributed by atoms with van der Waals surface area (Å²) in [4.78, 5) is 4.52. The van der Waals surface area contributed by atoms with Gasteiger partial charge in [-0.05, 0) is 37.2 Å². The van der Waals surface area contributed by atoms with Crippen molar-refractivity contribution in [1.29, 1.82) is 0 Å². The topological polar surface area (TPSA) is 39.1 Å². The van der Waals surface area contributed by atoms with Gasteiger partial charge in [-0.1, -0.05) is 22.9 Å². The molecule has 0 amide bonds.